The Bertz CT molecular complexity index is 887. The maximum Gasteiger partial charge on any atom is 0.339 e. The average Bonchev–Trinajstić information content (AvgIpc) is 2.68. The molecule has 0 unspecified atom stereocenters. The van der Waals surface area contributed by atoms with Gasteiger partial charge in [-0.2, -0.15) is 0 Å². The first kappa shape index (κ1) is 16.5. The Balaban J connectivity index is 1.68. The van der Waals surface area contributed by atoms with E-state index in [1.165, 1.54) is 0 Å². The number of hydrogen-bond acceptors (Lipinski definition) is 2. The second-order valence-electron chi connectivity index (χ2n) is 5.53. The third kappa shape index (κ3) is 4.83. The van der Waals surface area contributed by atoms with Gasteiger partial charge < -0.3 is 4.74 Å². The van der Waals surface area contributed by atoms with Crippen molar-refractivity contribution in [1.82, 2.24) is 0 Å². The molecular weight excluding hydrogens is 308 g/mol. The molecule has 0 aliphatic heterocycles. The Morgan fingerprint density at radius 2 is 1.40 bits per heavy atom. The van der Waals surface area contributed by atoms with Crippen LogP contribution in [0.2, 0.25) is 0 Å². The summed E-state index contributed by atoms with van der Waals surface area (Å²) in [6.45, 7) is 0.350. The Hall–Kier alpha value is -3.31. The third-order valence-corrected chi connectivity index (χ3v) is 3.73. The minimum absolute atomic E-state index is 0.339. The van der Waals surface area contributed by atoms with E-state index < -0.39 is 0 Å². The molecule has 0 radical (unpaired) electrons. The van der Waals surface area contributed by atoms with Crippen LogP contribution in [0.1, 0.15) is 27.0 Å². The second-order valence-corrected chi connectivity index (χ2v) is 5.53. The molecule has 0 aromatic heterocycles. The first-order valence-electron chi connectivity index (χ1n) is 8.20. The molecule has 122 valence electrons. The van der Waals surface area contributed by atoms with Gasteiger partial charge in [0.25, 0.3) is 0 Å². The van der Waals surface area contributed by atoms with Crippen LogP contribution in [0.25, 0.3) is 0 Å². The molecule has 0 aliphatic carbocycles. The molecule has 0 aliphatic rings. The Morgan fingerprint density at radius 1 is 0.760 bits per heavy atom. The van der Waals surface area contributed by atoms with Gasteiger partial charge in [0.1, 0.15) is 0 Å². The van der Waals surface area contributed by atoms with E-state index in [4.69, 9.17) is 4.74 Å². The zero-order valence-electron chi connectivity index (χ0n) is 13.8. The number of carbonyl (C=O) groups excluding carboxylic acids is 1. The van der Waals surface area contributed by atoms with E-state index >= 15 is 0 Å². The molecule has 2 nitrogen and oxygen atoms in total. The predicted octanol–water partition coefficient (Wildman–Crippen LogP) is 4.49. The molecule has 2 heteroatoms. The fourth-order valence-electron chi connectivity index (χ4n) is 2.42. The summed E-state index contributed by atoms with van der Waals surface area (Å²) in [6, 6.07) is 26.9. The molecule has 0 spiro atoms. The fourth-order valence-corrected chi connectivity index (χ4v) is 2.42. The molecule has 0 atom stereocenters. The normalized spacial score (nSPS) is 9.76. The van der Waals surface area contributed by atoms with Crippen LogP contribution < -0.4 is 0 Å². The Kier molecular flexibility index (Phi) is 5.64. The van der Waals surface area contributed by atoms with E-state index in [1.807, 2.05) is 78.9 Å². The second kappa shape index (κ2) is 8.52. The molecule has 0 saturated carbocycles. The van der Waals surface area contributed by atoms with Gasteiger partial charge in [-0.1, -0.05) is 72.5 Å². The van der Waals surface area contributed by atoms with Crippen LogP contribution in [0.15, 0.2) is 84.9 Å². The number of rotatable bonds is 4. The quantitative estimate of drug-likeness (QED) is 0.522. The third-order valence-electron chi connectivity index (χ3n) is 3.73. The van der Waals surface area contributed by atoms with E-state index in [0.29, 0.717) is 24.2 Å². The molecule has 3 aromatic carbocycles. The van der Waals surface area contributed by atoms with Crippen LogP contribution in [-0.4, -0.2) is 12.6 Å². The van der Waals surface area contributed by atoms with Gasteiger partial charge in [0, 0.05) is 17.5 Å². The van der Waals surface area contributed by atoms with Gasteiger partial charge in [0.05, 0.1) is 12.2 Å². The lowest BCUT2D eigenvalue weighted by molar-refractivity contribution is 0.0509. The highest BCUT2D eigenvalue weighted by Gasteiger charge is 2.11. The zero-order valence-corrected chi connectivity index (χ0v) is 13.8. The number of benzene rings is 3. The smallest absolute Gasteiger partial charge is 0.339 e. The van der Waals surface area contributed by atoms with Crippen molar-refractivity contribution in [1.29, 1.82) is 0 Å². The molecule has 0 saturated heterocycles. The largest absolute Gasteiger partial charge is 0.462 e. The van der Waals surface area contributed by atoms with Crippen molar-refractivity contribution < 1.29 is 9.53 Å². The maximum atomic E-state index is 12.4. The SMILES string of the molecule is O=C(OCCc1ccccc1)c1ccccc1C#Cc1ccccc1. The molecule has 0 bridgehead atoms. The molecule has 0 fully saturated rings. The summed E-state index contributed by atoms with van der Waals surface area (Å²) < 4.78 is 5.42. The predicted molar refractivity (Wildman–Crippen MR) is 99.3 cm³/mol. The zero-order chi connectivity index (χ0) is 17.3. The van der Waals surface area contributed by atoms with Gasteiger partial charge in [0.15, 0.2) is 0 Å². The van der Waals surface area contributed by atoms with Crippen molar-refractivity contribution in [2.75, 3.05) is 6.61 Å². The van der Waals surface area contributed by atoms with Crippen molar-refractivity contribution >= 4 is 5.97 Å². The van der Waals surface area contributed by atoms with Gasteiger partial charge in [-0.25, -0.2) is 4.79 Å². The summed E-state index contributed by atoms with van der Waals surface area (Å²) in [7, 11) is 0. The first-order chi connectivity index (χ1) is 12.3. The van der Waals surface area contributed by atoms with Crippen LogP contribution in [0.3, 0.4) is 0 Å². The van der Waals surface area contributed by atoms with Crippen LogP contribution in [-0.2, 0) is 11.2 Å². The highest BCUT2D eigenvalue weighted by atomic mass is 16.5. The van der Waals surface area contributed by atoms with E-state index in [1.54, 1.807) is 6.07 Å². The highest BCUT2D eigenvalue weighted by molar-refractivity contribution is 5.92. The van der Waals surface area contributed by atoms with Gasteiger partial charge in [0.2, 0.25) is 0 Å². The van der Waals surface area contributed by atoms with Gasteiger partial charge in [-0.3, -0.25) is 0 Å². The Labute approximate surface area is 148 Å². The first-order valence-corrected chi connectivity index (χ1v) is 8.20. The lowest BCUT2D eigenvalue weighted by atomic mass is 10.1. The fraction of sp³-hybridized carbons (Fsp3) is 0.0870. The standard InChI is InChI=1S/C23H18O2/c24-23(25-18-17-20-11-5-2-6-12-20)22-14-8-7-13-21(22)16-15-19-9-3-1-4-10-19/h1-14H,17-18H2. The summed E-state index contributed by atoms with van der Waals surface area (Å²) in [4.78, 5) is 12.4. The molecule has 0 amide bonds. The molecular formula is C23H18O2. The van der Waals surface area contributed by atoms with E-state index in [0.717, 1.165) is 11.1 Å². The van der Waals surface area contributed by atoms with Crippen LogP contribution in [0.4, 0.5) is 0 Å². The summed E-state index contributed by atoms with van der Waals surface area (Å²) >= 11 is 0. The van der Waals surface area contributed by atoms with Gasteiger partial charge in [-0.05, 0) is 29.8 Å². The van der Waals surface area contributed by atoms with E-state index in [2.05, 4.69) is 11.8 Å². The lowest BCUT2D eigenvalue weighted by Gasteiger charge is -2.06. The minimum atomic E-state index is -0.339. The van der Waals surface area contributed by atoms with Crippen LogP contribution in [0, 0.1) is 11.8 Å². The van der Waals surface area contributed by atoms with Crippen LogP contribution >= 0.6 is 0 Å². The van der Waals surface area contributed by atoms with Gasteiger partial charge in [-0.15, -0.1) is 0 Å². The van der Waals surface area contributed by atoms with Crippen molar-refractivity contribution in [3.63, 3.8) is 0 Å². The number of ether oxygens (including phenoxy) is 1. The molecule has 25 heavy (non-hydrogen) atoms. The average molecular weight is 326 g/mol. The van der Waals surface area contributed by atoms with Crippen molar-refractivity contribution in [3.8, 4) is 11.8 Å². The van der Waals surface area contributed by atoms with E-state index in [-0.39, 0.29) is 5.97 Å². The monoisotopic (exact) mass is 326 g/mol. The molecule has 0 N–H and O–H groups in total. The molecule has 0 heterocycles. The topological polar surface area (TPSA) is 26.3 Å². The minimum Gasteiger partial charge on any atom is -0.462 e. The van der Waals surface area contributed by atoms with Gasteiger partial charge >= 0.3 is 5.97 Å². The van der Waals surface area contributed by atoms with Crippen LogP contribution in [0.5, 0.6) is 0 Å². The summed E-state index contributed by atoms with van der Waals surface area (Å²) in [5.74, 6) is 5.81. The lowest BCUT2D eigenvalue weighted by Crippen LogP contribution is -2.09. The number of carbonyl (C=O) groups is 1. The van der Waals surface area contributed by atoms with Crippen molar-refractivity contribution in [2.45, 2.75) is 6.42 Å². The number of esters is 1. The molecule has 3 aromatic rings. The Morgan fingerprint density at radius 3 is 2.16 bits per heavy atom. The number of hydrogen-bond donors (Lipinski definition) is 0. The van der Waals surface area contributed by atoms with Crippen molar-refractivity contribution in [3.05, 3.63) is 107 Å². The summed E-state index contributed by atoms with van der Waals surface area (Å²) in [5, 5.41) is 0. The summed E-state index contributed by atoms with van der Waals surface area (Å²) in [6.07, 6.45) is 0.699. The highest BCUT2D eigenvalue weighted by Crippen LogP contribution is 2.10. The summed E-state index contributed by atoms with van der Waals surface area (Å²) in [5.41, 5.74) is 3.23. The maximum absolute atomic E-state index is 12.4. The van der Waals surface area contributed by atoms with Crippen molar-refractivity contribution in [2.24, 2.45) is 0 Å². The van der Waals surface area contributed by atoms with E-state index in [9.17, 15) is 4.79 Å². The molecule has 3 rings (SSSR count).